The van der Waals surface area contributed by atoms with Crippen LogP contribution in [0.25, 0.3) is 10.4 Å². The van der Waals surface area contributed by atoms with Gasteiger partial charge >= 0.3 is 0 Å². The molecule has 4 rings (SSSR count). The molecule has 0 saturated carbocycles. The van der Waals surface area contributed by atoms with Crippen molar-refractivity contribution in [2.24, 2.45) is 0 Å². The number of halogens is 2. The van der Waals surface area contributed by atoms with Crippen molar-refractivity contribution < 1.29 is 23.1 Å². The highest BCUT2D eigenvalue weighted by atomic mass is 32.1. The maximum Gasteiger partial charge on any atom is 0.248 e. The minimum Gasteiger partial charge on any atom is -0.489 e. The number of para-hydroxylation sites is 1. The third kappa shape index (κ3) is 6.73. The van der Waals surface area contributed by atoms with E-state index in [9.17, 15) is 18.4 Å². The van der Waals surface area contributed by atoms with Crippen LogP contribution in [0, 0.1) is 11.6 Å². The highest BCUT2D eigenvalue weighted by molar-refractivity contribution is 7.19. The van der Waals surface area contributed by atoms with E-state index in [1.54, 1.807) is 6.20 Å². The molecule has 0 unspecified atom stereocenters. The van der Waals surface area contributed by atoms with E-state index in [0.717, 1.165) is 40.0 Å². The molecule has 0 radical (unpaired) electrons. The van der Waals surface area contributed by atoms with E-state index in [1.807, 2.05) is 54.6 Å². The van der Waals surface area contributed by atoms with Crippen LogP contribution in [0.1, 0.15) is 18.1 Å². The van der Waals surface area contributed by atoms with Crippen LogP contribution >= 0.6 is 11.3 Å². The van der Waals surface area contributed by atoms with E-state index in [1.165, 1.54) is 18.3 Å². The third-order valence-electron chi connectivity index (χ3n) is 5.21. The van der Waals surface area contributed by atoms with Crippen molar-refractivity contribution in [3.8, 4) is 16.2 Å². The van der Waals surface area contributed by atoms with Gasteiger partial charge in [-0.1, -0.05) is 53.8 Å². The first-order valence-electron chi connectivity index (χ1n) is 11.1. The molecule has 4 aromatic rings. The van der Waals surface area contributed by atoms with Gasteiger partial charge < -0.3 is 15.4 Å². The lowest BCUT2D eigenvalue weighted by atomic mass is 10.1. The molecule has 2 N–H and O–H groups in total. The smallest absolute Gasteiger partial charge is 0.248 e. The molecule has 0 aliphatic carbocycles. The van der Waals surface area contributed by atoms with Crippen molar-refractivity contribution in [1.82, 2.24) is 10.3 Å². The number of nitrogens with zero attached hydrogens (tertiary/aromatic N) is 1. The Kier molecular flexibility index (Phi) is 8.02. The van der Waals surface area contributed by atoms with Gasteiger partial charge in [0.1, 0.15) is 30.0 Å². The summed E-state index contributed by atoms with van der Waals surface area (Å²) in [5.74, 6) is -1.76. The van der Waals surface area contributed by atoms with E-state index in [0.29, 0.717) is 11.7 Å². The van der Waals surface area contributed by atoms with Gasteiger partial charge in [-0.2, -0.15) is 0 Å². The molecular formula is C27H23F2N3O3S. The fourth-order valence-corrected chi connectivity index (χ4v) is 4.37. The molecule has 36 heavy (non-hydrogen) atoms. The van der Waals surface area contributed by atoms with Crippen LogP contribution in [0.2, 0.25) is 0 Å². The molecule has 2 amide bonds. The average Bonchev–Trinajstić information content (AvgIpc) is 3.31. The van der Waals surface area contributed by atoms with Gasteiger partial charge in [0.05, 0.1) is 11.3 Å². The molecule has 1 atom stereocenters. The number of ether oxygens (including phenoxy) is 1. The Bertz CT molecular complexity index is 1340. The number of hydrogen-bond acceptors (Lipinski definition) is 5. The number of benzene rings is 3. The van der Waals surface area contributed by atoms with Crippen molar-refractivity contribution >= 4 is 28.3 Å². The Morgan fingerprint density at radius 3 is 2.44 bits per heavy atom. The number of carbonyl (C=O) groups is 2. The summed E-state index contributed by atoms with van der Waals surface area (Å²) in [4.78, 5) is 30.0. The van der Waals surface area contributed by atoms with Gasteiger partial charge in [0.25, 0.3) is 0 Å². The molecule has 0 fully saturated rings. The maximum atomic E-state index is 13.3. The number of amides is 2. The van der Waals surface area contributed by atoms with Crippen LogP contribution in [-0.2, 0) is 22.6 Å². The number of hydrogen-bond donors (Lipinski definition) is 2. The standard InChI is InChI=1S/C27H23F2N3O3S/c1-17(31-25(33)13-18-11-20(28)14-21(29)12-18)26(34)32-27-30-15-24(36-27)23-10-6-5-7-19(23)16-35-22-8-3-2-4-9-22/h2-12,14-15,17H,13,16H2,1H3,(H,31,33)(H,30,32,34)/t17-/m0/s1. The lowest BCUT2D eigenvalue weighted by Crippen LogP contribution is -2.42. The van der Waals surface area contributed by atoms with Gasteiger partial charge in [0.2, 0.25) is 11.8 Å². The number of anilines is 1. The average molecular weight is 508 g/mol. The normalized spacial score (nSPS) is 11.5. The summed E-state index contributed by atoms with van der Waals surface area (Å²) in [6.45, 7) is 1.89. The molecule has 0 spiro atoms. The lowest BCUT2D eigenvalue weighted by molar-refractivity contribution is -0.125. The zero-order valence-electron chi connectivity index (χ0n) is 19.3. The van der Waals surface area contributed by atoms with Gasteiger partial charge in [0, 0.05) is 12.3 Å². The quantitative estimate of drug-likeness (QED) is 0.320. The zero-order chi connectivity index (χ0) is 25.5. The van der Waals surface area contributed by atoms with Gasteiger partial charge in [-0.25, -0.2) is 13.8 Å². The summed E-state index contributed by atoms with van der Waals surface area (Å²) in [7, 11) is 0. The molecule has 1 heterocycles. The lowest BCUT2D eigenvalue weighted by Gasteiger charge is -2.13. The van der Waals surface area contributed by atoms with Gasteiger partial charge in [0.15, 0.2) is 5.13 Å². The molecule has 1 aromatic heterocycles. The Morgan fingerprint density at radius 2 is 1.69 bits per heavy atom. The van der Waals surface area contributed by atoms with Gasteiger partial charge in [-0.15, -0.1) is 0 Å². The molecule has 0 bridgehead atoms. The second kappa shape index (κ2) is 11.5. The van der Waals surface area contributed by atoms with Gasteiger partial charge in [-0.3, -0.25) is 9.59 Å². The van der Waals surface area contributed by atoms with Crippen molar-refractivity contribution in [3.05, 3.63) is 102 Å². The van der Waals surface area contributed by atoms with E-state index in [4.69, 9.17) is 4.74 Å². The Labute approximate surface area is 211 Å². The number of carbonyl (C=O) groups excluding carboxylic acids is 2. The SMILES string of the molecule is C[C@H](NC(=O)Cc1cc(F)cc(F)c1)C(=O)Nc1ncc(-c2ccccc2COc2ccccc2)s1. The Hall–Kier alpha value is -4.11. The van der Waals surface area contributed by atoms with E-state index < -0.39 is 29.5 Å². The van der Waals surface area contributed by atoms with Crippen molar-refractivity contribution in [2.45, 2.75) is 26.0 Å². The highest BCUT2D eigenvalue weighted by Gasteiger charge is 2.18. The summed E-state index contributed by atoms with van der Waals surface area (Å²) < 4.78 is 32.5. The molecule has 3 aromatic carbocycles. The van der Waals surface area contributed by atoms with Crippen molar-refractivity contribution in [2.75, 3.05) is 5.32 Å². The van der Waals surface area contributed by atoms with Crippen LogP contribution in [0.15, 0.2) is 79.0 Å². The molecule has 9 heteroatoms. The molecular weight excluding hydrogens is 484 g/mol. The number of rotatable bonds is 9. The predicted molar refractivity (Wildman–Crippen MR) is 135 cm³/mol. The number of thiazole rings is 1. The third-order valence-corrected chi connectivity index (χ3v) is 6.16. The Morgan fingerprint density at radius 1 is 1.00 bits per heavy atom. The summed E-state index contributed by atoms with van der Waals surface area (Å²) in [6, 6.07) is 19.3. The minimum absolute atomic E-state index is 0.178. The summed E-state index contributed by atoms with van der Waals surface area (Å²) in [5, 5.41) is 5.61. The van der Waals surface area contributed by atoms with Crippen molar-refractivity contribution in [1.29, 1.82) is 0 Å². The largest absolute Gasteiger partial charge is 0.489 e. The molecule has 0 aliphatic heterocycles. The predicted octanol–water partition coefficient (Wildman–Crippen LogP) is 5.35. The summed E-state index contributed by atoms with van der Waals surface area (Å²) in [5.41, 5.74) is 2.09. The summed E-state index contributed by atoms with van der Waals surface area (Å²) >= 11 is 1.30. The topological polar surface area (TPSA) is 80.3 Å². The molecule has 0 aliphatic rings. The zero-order valence-corrected chi connectivity index (χ0v) is 20.1. The second-order valence-corrected chi connectivity index (χ2v) is 9.05. The van der Waals surface area contributed by atoms with E-state index in [2.05, 4.69) is 15.6 Å². The van der Waals surface area contributed by atoms with Crippen LogP contribution in [-0.4, -0.2) is 22.8 Å². The number of aromatic nitrogens is 1. The summed E-state index contributed by atoms with van der Waals surface area (Å²) in [6.07, 6.45) is 1.42. The fourth-order valence-electron chi connectivity index (χ4n) is 3.49. The first kappa shape index (κ1) is 25.0. The van der Waals surface area contributed by atoms with Gasteiger partial charge in [-0.05, 0) is 47.9 Å². The molecule has 6 nitrogen and oxygen atoms in total. The monoisotopic (exact) mass is 507 g/mol. The highest BCUT2D eigenvalue weighted by Crippen LogP contribution is 2.32. The first-order valence-corrected chi connectivity index (χ1v) is 12.0. The Balaban J connectivity index is 1.35. The van der Waals surface area contributed by atoms with E-state index in [-0.39, 0.29) is 12.0 Å². The van der Waals surface area contributed by atoms with Crippen LogP contribution in [0.3, 0.4) is 0 Å². The van der Waals surface area contributed by atoms with Crippen molar-refractivity contribution in [3.63, 3.8) is 0 Å². The van der Waals surface area contributed by atoms with Crippen LogP contribution < -0.4 is 15.4 Å². The molecule has 184 valence electrons. The van der Waals surface area contributed by atoms with Crippen LogP contribution in [0.4, 0.5) is 13.9 Å². The first-order chi connectivity index (χ1) is 17.4. The number of nitrogens with one attached hydrogen (secondary N) is 2. The second-order valence-electron chi connectivity index (χ2n) is 8.02. The fraction of sp³-hybridized carbons (Fsp3) is 0.148. The molecule has 0 saturated heterocycles. The van der Waals surface area contributed by atoms with E-state index >= 15 is 0 Å². The minimum atomic E-state index is -0.880. The van der Waals surface area contributed by atoms with Crippen LogP contribution in [0.5, 0.6) is 5.75 Å². The maximum absolute atomic E-state index is 13.3.